The van der Waals surface area contributed by atoms with Crippen LogP contribution < -0.4 is 43.8 Å². The Bertz CT molecular complexity index is 2360. The number of rotatable bonds is 5. The summed E-state index contributed by atoms with van der Waals surface area (Å²) in [6.45, 7) is 8.48. The minimum Gasteiger partial charge on any atom is -1.00 e. The third kappa shape index (κ3) is 4.95. The monoisotopic (exact) mass is 926 g/mol. The van der Waals surface area contributed by atoms with Crippen molar-refractivity contribution in [1.29, 1.82) is 0 Å². The lowest BCUT2D eigenvalue weighted by molar-refractivity contribution is -0.955. The van der Waals surface area contributed by atoms with Crippen LogP contribution in [-0.2, 0) is 28.0 Å². The van der Waals surface area contributed by atoms with Crippen LogP contribution in [0.3, 0.4) is 0 Å². The molecular weight excluding hydrogens is 872 g/mol. The molecule has 8 aliphatic heterocycles. The Morgan fingerprint density at radius 3 is 1.93 bits per heavy atom. The molecule has 2 aliphatic carbocycles. The van der Waals surface area contributed by atoms with Crippen LogP contribution in [0.4, 0.5) is 11.4 Å². The fraction of sp³-hybridized carbons (Fsp3) is 0.462. The minimum atomic E-state index is -0.00686. The number of benzene rings is 4. The Hall–Kier alpha value is -3.24. The molecule has 4 aromatic carbocycles. The summed E-state index contributed by atoms with van der Waals surface area (Å²) >= 11 is 0. The molecule has 7 fully saturated rings. The van der Waals surface area contributed by atoms with Gasteiger partial charge in [-0.25, -0.2) is 0 Å². The van der Waals surface area contributed by atoms with E-state index in [0.717, 1.165) is 19.6 Å². The van der Waals surface area contributed by atoms with Crippen molar-refractivity contribution in [2.24, 2.45) is 29.6 Å². The van der Waals surface area contributed by atoms with Crippen LogP contribution in [0.1, 0.15) is 42.4 Å². The van der Waals surface area contributed by atoms with Crippen molar-refractivity contribution >= 4 is 11.4 Å². The number of nitrogens with zero attached hydrogens (tertiary/aromatic N) is 4. The number of halogens is 2. The number of hydrogen-bond donors (Lipinski definition) is 0. The van der Waals surface area contributed by atoms with Crippen molar-refractivity contribution in [1.82, 2.24) is 0 Å². The molecule has 0 aromatic heterocycles. The van der Waals surface area contributed by atoms with Gasteiger partial charge in [-0.1, -0.05) is 109 Å². The summed E-state index contributed by atoms with van der Waals surface area (Å²) in [7, 11) is 0. The molecular formula is C52H56Br2N4O2. The molecule has 2 unspecified atom stereocenters. The molecule has 4 bridgehead atoms. The molecule has 6 nitrogen and oxygen atoms in total. The molecule has 0 radical (unpaired) electrons. The fourth-order valence-electron chi connectivity index (χ4n) is 16.7. The molecule has 8 heterocycles. The fourth-order valence-corrected chi connectivity index (χ4v) is 16.7. The van der Waals surface area contributed by atoms with Crippen LogP contribution in [0.2, 0.25) is 0 Å². The van der Waals surface area contributed by atoms with E-state index in [1.807, 2.05) is 0 Å². The maximum absolute atomic E-state index is 7.64. The number of quaternary nitrogens is 2. The van der Waals surface area contributed by atoms with Crippen LogP contribution in [-0.4, -0.2) is 85.0 Å². The van der Waals surface area contributed by atoms with Crippen LogP contribution in [0.15, 0.2) is 139 Å². The predicted molar refractivity (Wildman–Crippen MR) is 227 cm³/mol. The summed E-state index contributed by atoms with van der Waals surface area (Å²) in [5.74, 6) is 2.26. The molecule has 60 heavy (non-hydrogen) atoms. The Balaban J connectivity index is 0.00000194. The van der Waals surface area contributed by atoms with Gasteiger partial charge in [0.25, 0.3) is 0 Å². The van der Waals surface area contributed by atoms with Gasteiger partial charge in [-0.05, 0) is 34.9 Å². The summed E-state index contributed by atoms with van der Waals surface area (Å²) in [5, 5.41) is 0. The molecule has 1 spiro atoms. The van der Waals surface area contributed by atoms with Crippen molar-refractivity contribution in [3.05, 3.63) is 155 Å². The lowest BCUT2D eigenvalue weighted by Gasteiger charge is -2.65. The second kappa shape index (κ2) is 13.9. The highest BCUT2D eigenvalue weighted by Crippen LogP contribution is 2.69. The Labute approximate surface area is 376 Å². The SMILES string of the molecule is C1=C2C[N+]3(Cc4ccccc4)CC[C@@H]4[C@@H]5[C@H]([C@@H](OC1)N1c6ccccc6[C@@]67CC[N+]8(Cc9ccccc9)CC9=CCO[C@H]([C@@H]([C@H]16)[C@H]9C[C@@H]78)N5c1ccccc1)[C@H]2C[C@@H]43.[Br-].[Br-]. The summed E-state index contributed by atoms with van der Waals surface area (Å²) in [4.78, 5) is 5.96. The van der Waals surface area contributed by atoms with Crippen molar-refractivity contribution in [3.63, 3.8) is 0 Å². The molecule has 2 saturated carbocycles. The Morgan fingerprint density at radius 1 is 0.617 bits per heavy atom. The highest BCUT2D eigenvalue weighted by molar-refractivity contribution is 5.68. The van der Waals surface area contributed by atoms with Crippen molar-refractivity contribution < 1.29 is 52.4 Å². The lowest BCUT2D eigenvalue weighted by Crippen LogP contribution is -3.00. The number of piperidine rings is 2. The van der Waals surface area contributed by atoms with Gasteiger partial charge in [-0.3, -0.25) is 0 Å². The summed E-state index contributed by atoms with van der Waals surface area (Å²) in [6.07, 6.45) is 10.2. The second-order valence-corrected chi connectivity index (χ2v) is 20.3. The summed E-state index contributed by atoms with van der Waals surface area (Å²) in [6, 6.07) is 46.2. The average Bonchev–Trinajstić information content (AvgIpc) is 3.80. The van der Waals surface area contributed by atoms with Gasteiger partial charge >= 0.3 is 0 Å². The van der Waals surface area contributed by atoms with Gasteiger partial charge < -0.3 is 62.2 Å². The molecule has 0 amide bonds. The van der Waals surface area contributed by atoms with Gasteiger partial charge in [0.05, 0.1) is 43.8 Å². The standard InChI is InChI=1S/C52H56N4O2.2BrH/c1-4-12-34(13-5-1)30-55-24-20-39-44(55)28-40-36(32-55)21-26-57-50-46(40)48(39)53(38-16-8-3-9-17-38)51-47-41-29-45-52(42-18-10-11-19-43(42)54(50)49(47)52)23-25-56(45,33-37(41)22-27-58-51)31-35-14-6-2-7-15-35;;/h1-19,21-22,39-41,44-51H,20,23-33H2;2*1H/q+2;;/p-2/t39-,40-,41-,44-,45-,46+,47+,48+,49-,50+,51+,52+,55?,56?;;/m0../s1. The van der Waals surface area contributed by atoms with E-state index >= 15 is 0 Å². The Kier molecular flexibility index (Phi) is 8.89. The highest BCUT2D eigenvalue weighted by atomic mass is 79.9. The van der Waals surface area contributed by atoms with E-state index in [9.17, 15) is 0 Å². The quantitative estimate of drug-likeness (QED) is 0.227. The third-order valence-corrected chi connectivity index (χ3v) is 18.4. The van der Waals surface area contributed by atoms with Gasteiger partial charge in [-0.2, -0.15) is 0 Å². The van der Waals surface area contributed by atoms with E-state index in [-0.39, 0.29) is 51.8 Å². The number of para-hydroxylation sites is 2. The van der Waals surface area contributed by atoms with Crippen molar-refractivity contribution in [2.75, 3.05) is 49.2 Å². The predicted octanol–water partition coefficient (Wildman–Crippen LogP) is 2.07. The van der Waals surface area contributed by atoms with Gasteiger partial charge in [0.1, 0.15) is 44.7 Å². The van der Waals surface area contributed by atoms with Crippen LogP contribution >= 0.6 is 0 Å². The van der Waals surface area contributed by atoms with Gasteiger partial charge in [0.15, 0.2) is 0 Å². The maximum Gasteiger partial charge on any atom is 0.136 e. The van der Waals surface area contributed by atoms with Gasteiger partial charge in [-0.15, -0.1) is 0 Å². The zero-order valence-electron chi connectivity index (χ0n) is 34.3. The number of ether oxygens (including phenoxy) is 2. The third-order valence-electron chi connectivity index (χ3n) is 18.4. The van der Waals surface area contributed by atoms with Crippen LogP contribution in [0, 0.1) is 29.6 Å². The zero-order chi connectivity index (χ0) is 37.8. The van der Waals surface area contributed by atoms with Crippen LogP contribution in [0.25, 0.3) is 0 Å². The van der Waals surface area contributed by atoms with Crippen LogP contribution in [0.5, 0.6) is 0 Å². The van der Waals surface area contributed by atoms with E-state index < -0.39 is 0 Å². The van der Waals surface area contributed by atoms with E-state index in [1.165, 1.54) is 76.8 Å². The number of anilines is 2. The summed E-state index contributed by atoms with van der Waals surface area (Å²) < 4.78 is 17.7. The van der Waals surface area contributed by atoms with E-state index in [0.29, 0.717) is 67.0 Å². The van der Waals surface area contributed by atoms with Gasteiger partial charge in [0.2, 0.25) is 0 Å². The second-order valence-electron chi connectivity index (χ2n) is 20.3. The smallest absolute Gasteiger partial charge is 0.136 e. The van der Waals surface area contributed by atoms with Crippen molar-refractivity contribution in [3.8, 4) is 0 Å². The molecule has 10 aliphatic rings. The minimum absolute atomic E-state index is 0. The largest absolute Gasteiger partial charge is 1.00 e. The first-order valence-corrected chi connectivity index (χ1v) is 22.8. The average molecular weight is 929 g/mol. The molecule has 4 aromatic rings. The molecule has 14 atom stereocenters. The van der Waals surface area contributed by atoms with E-state index in [4.69, 9.17) is 9.47 Å². The maximum atomic E-state index is 7.64. The molecule has 8 heteroatoms. The molecule has 5 saturated heterocycles. The first-order chi connectivity index (χ1) is 28.7. The Morgan fingerprint density at radius 2 is 1.22 bits per heavy atom. The molecule has 0 N–H and O–H groups in total. The molecule has 14 rings (SSSR count). The van der Waals surface area contributed by atoms with Gasteiger partial charge in [0, 0.05) is 83.8 Å². The topological polar surface area (TPSA) is 24.9 Å². The van der Waals surface area contributed by atoms with E-state index in [1.54, 1.807) is 16.7 Å². The first kappa shape index (κ1) is 38.4. The summed E-state index contributed by atoms with van der Waals surface area (Å²) in [5.41, 5.74) is 10.8. The normalized spacial score (nSPS) is 41.6. The first-order valence-electron chi connectivity index (χ1n) is 22.8. The highest BCUT2D eigenvalue weighted by Gasteiger charge is 2.77. The number of fused-ring (bicyclic) bond motifs is 4. The van der Waals surface area contributed by atoms with Crippen molar-refractivity contribution in [2.45, 2.75) is 80.8 Å². The zero-order valence-corrected chi connectivity index (χ0v) is 37.5. The number of hydrogen-bond acceptors (Lipinski definition) is 4. The molecule has 310 valence electrons. The van der Waals surface area contributed by atoms with E-state index in [2.05, 4.69) is 137 Å². The lowest BCUT2D eigenvalue weighted by atomic mass is 9.53.